The molecule has 17 heavy (non-hydrogen) atoms. The van der Waals surface area contributed by atoms with Gasteiger partial charge in [-0.1, -0.05) is 22.0 Å². The molecule has 0 aliphatic carbocycles. The summed E-state index contributed by atoms with van der Waals surface area (Å²) in [6.45, 7) is 2.05. The standard InChI is InChI=1S/C13H17BrN2O/c14-9-1-2-10-11(15)8-13(17-12(10)7-9)3-5-16-6-4-13/h1-2,7,11,16H,3-6,8,15H2. The molecule has 1 fully saturated rings. The number of ether oxygens (including phenoxy) is 1. The second kappa shape index (κ2) is 4.26. The van der Waals surface area contributed by atoms with E-state index < -0.39 is 0 Å². The monoisotopic (exact) mass is 296 g/mol. The Hall–Kier alpha value is -0.580. The third kappa shape index (κ3) is 2.09. The van der Waals surface area contributed by atoms with E-state index >= 15 is 0 Å². The van der Waals surface area contributed by atoms with Crippen LogP contribution >= 0.6 is 15.9 Å². The van der Waals surface area contributed by atoms with Crippen molar-refractivity contribution in [3.63, 3.8) is 0 Å². The molecule has 2 aliphatic rings. The maximum Gasteiger partial charge on any atom is 0.126 e. The number of piperidine rings is 1. The molecule has 3 rings (SSSR count). The third-order valence-corrected chi connectivity index (χ3v) is 4.30. The molecule has 2 heterocycles. The average Bonchev–Trinajstić information content (AvgIpc) is 2.29. The summed E-state index contributed by atoms with van der Waals surface area (Å²) < 4.78 is 7.31. The van der Waals surface area contributed by atoms with Crippen LogP contribution < -0.4 is 15.8 Å². The van der Waals surface area contributed by atoms with Gasteiger partial charge >= 0.3 is 0 Å². The summed E-state index contributed by atoms with van der Waals surface area (Å²) in [4.78, 5) is 0. The van der Waals surface area contributed by atoms with Gasteiger partial charge in [0.25, 0.3) is 0 Å². The van der Waals surface area contributed by atoms with E-state index in [1.54, 1.807) is 0 Å². The zero-order chi connectivity index (χ0) is 11.9. The fourth-order valence-electron chi connectivity index (χ4n) is 2.88. The average molecular weight is 297 g/mol. The highest BCUT2D eigenvalue weighted by atomic mass is 79.9. The highest BCUT2D eigenvalue weighted by Gasteiger charge is 2.40. The highest BCUT2D eigenvalue weighted by molar-refractivity contribution is 9.10. The summed E-state index contributed by atoms with van der Waals surface area (Å²) in [7, 11) is 0. The normalized spacial score (nSPS) is 26.4. The van der Waals surface area contributed by atoms with E-state index in [0.717, 1.165) is 48.1 Å². The Balaban J connectivity index is 1.95. The molecule has 0 radical (unpaired) electrons. The summed E-state index contributed by atoms with van der Waals surface area (Å²) in [6.07, 6.45) is 3.03. The molecule has 1 aromatic rings. The second-order valence-corrected chi connectivity index (χ2v) is 5.94. The molecule has 2 aliphatic heterocycles. The van der Waals surface area contributed by atoms with Crippen LogP contribution in [0, 0.1) is 0 Å². The van der Waals surface area contributed by atoms with Crippen molar-refractivity contribution in [3.8, 4) is 5.75 Å². The summed E-state index contributed by atoms with van der Waals surface area (Å²) in [6, 6.07) is 6.24. The topological polar surface area (TPSA) is 47.3 Å². The molecular weight excluding hydrogens is 280 g/mol. The zero-order valence-electron chi connectivity index (χ0n) is 9.71. The minimum atomic E-state index is -0.0432. The lowest BCUT2D eigenvalue weighted by Crippen LogP contribution is -2.50. The van der Waals surface area contributed by atoms with Crippen molar-refractivity contribution >= 4 is 15.9 Å². The number of fused-ring (bicyclic) bond motifs is 1. The van der Waals surface area contributed by atoms with Crippen LogP contribution in [0.25, 0.3) is 0 Å². The minimum Gasteiger partial charge on any atom is -0.487 e. The molecule has 1 spiro atoms. The predicted molar refractivity (Wildman–Crippen MR) is 71.2 cm³/mol. The van der Waals surface area contributed by atoms with E-state index in [9.17, 15) is 0 Å². The third-order valence-electron chi connectivity index (χ3n) is 3.81. The van der Waals surface area contributed by atoms with Gasteiger partial charge in [0.2, 0.25) is 0 Å². The van der Waals surface area contributed by atoms with Crippen LogP contribution in [0.4, 0.5) is 0 Å². The van der Waals surface area contributed by atoms with Gasteiger partial charge in [-0.25, -0.2) is 0 Å². The van der Waals surface area contributed by atoms with Crippen molar-refractivity contribution in [1.82, 2.24) is 5.32 Å². The first-order valence-electron chi connectivity index (χ1n) is 6.13. The van der Waals surface area contributed by atoms with E-state index in [-0.39, 0.29) is 11.6 Å². The molecule has 0 aromatic heterocycles. The number of nitrogens with one attached hydrogen (secondary N) is 1. The lowest BCUT2D eigenvalue weighted by Gasteiger charge is -2.43. The smallest absolute Gasteiger partial charge is 0.126 e. The van der Waals surface area contributed by atoms with Gasteiger partial charge in [-0.15, -0.1) is 0 Å². The summed E-state index contributed by atoms with van der Waals surface area (Å²) >= 11 is 3.49. The molecule has 1 atom stereocenters. The molecule has 1 aromatic carbocycles. The number of hydrogen-bond acceptors (Lipinski definition) is 3. The number of nitrogens with two attached hydrogens (primary N) is 1. The maximum absolute atomic E-state index is 6.29. The minimum absolute atomic E-state index is 0.0432. The first-order chi connectivity index (χ1) is 8.19. The van der Waals surface area contributed by atoms with Gasteiger partial charge in [-0.2, -0.15) is 0 Å². The lowest BCUT2D eigenvalue weighted by atomic mass is 9.81. The molecule has 0 bridgehead atoms. The number of hydrogen-bond donors (Lipinski definition) is 2. The largest absolute Gasteiger partial charge is 0.487 e. The van der Waals surface area contributed by atoms with Crippen LogP contribution in [-0.4, -0.2) is 18.7 Å². The first-order valence-corrected chi connectivity index (χ1v) is 6.93. The van der Waals surface area contributed by atoms with E-state index in [4.69, 9.17) is 10.5 Å². The van der Waals surface area contributed by atoms with E-state index in [1.807, 2.05) is 12.1 Å². The Kier molecular flexibility index (Phi) is 2.89. The quantitative estimate of drug-likeness (QED) is 0.773. The summed E-state index contributed by atoms with van der Waals surface area (Å²) in [5.41, 5.74) is 7.38. The van der Waals surface area contributed by atoms with Crippen molar-refractivity contribution in [2.75, 3.05) is 13.1 Å². The SMILES string of the molecule is NC1CC2(CCNCC2)Oc2cc(Br)ccc21. The van der Waals surface area contributed by atoms with Crippen molar-refractivity contribution < 1.29 is 4.74 Å². The highest BCUT2D eigenvalue weighted by Crippen LogP contribution is 2.43. The van der Waals surface area contributed by atoms with Crippen molar-refractivity contribution in [1.29, 1.82) is 0 Å². The van der Waals surface area contributed by atoms with E-state index in [2.05, 4.69) is 27.3 Å². The molecule has 4 heteroatoms. The van der Waals surface area contributed by atoms with Crippen molar-refractivity contribution in [3.05, 3.63) is 28.2 Å². The molecular formula is C13H17BrN2O. The zero-order valence-corrected chi connectivity index (χ0v) is 11.3. The first kappa shape index (κ1) is 11.5. The Morgan fingerprint density at radius 1 is 1.35 bits per heavy atom. The molecule has 92 valence electrons. The van der Waals surface area contributed by atoms with Gasteiger partial charge in [-0.3, -0.25) is 0 Å². The number of halogens is 1. The molecule has 1 saturated heterocycles. The van der Waals surface area contributed by atoms with Crippen LogP contribution in [0.1, 0.15) is 30.9 Å². The molecule has 0 amide bonds. The van der Waals surface area contributed by atoms with Crippen LogP contribution in [0.15, 0.2) is 22.7 Å². The van der Waals surface area contributed by atoms with Crippen LogP contribution in [0.2, 0.25) is 0 Å². The molecule has 3 nitrogen and oxygen atoms in total. The summed E-state index contributed by atoms with van der Waals surface area (Å²) in [5.74, 6) is 0.958. The molecule has 1 unspecified atom stereocenters. The van der Waals surface area contributed by atoms with Gasteiger partial charge in [0.1, 0.15) is 11.4 Å². The second-order valence-electron chi connectivity index (χ2n) is 5.03. The fourth-order valence-corrected chi connectivity index (χ4v) is 3.22. The van der Waals surface area contributed by atoms with Gasteiger partial charge in [-0.05, 0) is 38.1 Å². The Morgan fingerprint density at radius 2 is 2.12 bits per heavy atom. The van der Waals surface area contributed by atoms with Gasteiger partial charge in [0, 0.05) is 22.5 Å². The Morgan fingerprint density at radius 3 is 2.88 bits per heavy atom. The van der Waals surface area contributed by atoms with Gasteiger partial charge in [0.05, 0.1) is 0 Å². The number of benzene rings is 1. The van der Waals surface area contributed by atoms with Crippen LogP contribution in [-0.2, 0) is 0 Å². The predicted octanol–water partition coefficient (Wildman–Crippen LogP) is 2.35. The van der Waals surface area contributed by atoms with Crippen molar-refractivity contribution in [2.24, 2.45) is 5.73 Å². The Bertz CT molecular complexity index is 429. The van der Waals surface area contributed by atoms with Gasteiger partial charge in [0.15, 0.2) is 0 Å². The lowest BCUT2D eigenvalue weighted by molar-refractivity contribution is 0.00787. The van der Waals surface area contributed by atoms with Crippen LogP contribution in [0.5, 0.6) is 5.75 Å². The van der Waals surface area contributed by atoms with Crippen molar-refractivity contribution in [2.45, 2.75) is 30.9 Å². The number of rotatable bonds is 0. The summed E-state index contributed by atoms with van der Waals surface area (Å²) in [5, 5.41) is 3.38. The van der Waals surface area contributed by atoms with E-state index in [0.29, 0.717) is 0 Å². The van der Waals surface area contributed by atoms with E-state index in [1.165, 1.54) is 0 Å². The molecule has 3 N–H and O–H groups in total. The van der Waals surface area contributed by atoms with Gasteiger partial charge < -0.3 is 15.8 Å². The van der Waals surface area contributed by atoms with Crippen LogP contribution in [0.3, 0.4) is 0 Å². The molecule has 0 saturated carbocycles. The Labute approximate surface area is 110 Å². The maximum atomic E-state index is 6.29. The fraction of sp³-hybridized carbons (Fsp3) is 0.538.